The number of hydrogen-bond donors (Lipinski definition) is 3. The van der Waals surface area contributed by atoms with E-state index >= 15 is 0 Å². The van der Waals surface area contributed by atoms with Crippen LogP contribution < -0.4 is 4.72 Å². The maximum Gasteiger partial charge on any atom is 0.257 e. The molecule has 0 atom stereocenters. The lowest BCUT2D eigenvalue weighted by Gasteiger charge is -2.13. The van der Waals surface area contributed by atoms with E-state index in [0.29, 0.717) is 12.1 Å². The normalized spacial score (nSPS) is 18.2. The molecule has 2 rings (SSSR count). The van der Waals surface area contributed by atoms with Crippen molar-refractivity contribution in [1.82, 2.24) is 14.9 Å². The van der Waals surface area contributed by atoms with Gasteiger partial charge in [0.05, 0.1) is 12.8 Å². The lowest BCUT2D eigenvalue weighted by Crippen LogP contribution is -2.31. The molecule has 0 amide bonds. The van der Waals surface area contributed by atoms with Crippen molar-refractivity contribution in [3.8, 4) is 0 Å². The molecule has 1 fully saturated rings. The van der Waals surface area contributed by atoms with Crippen LogP contribution in [0.25, 0.3) is 0 Å². The van der Waals surface area contributed by atoms with Gasteiger partial charge in [0.15, 0.2) is 5.03 Å². The van der Waals surface area contributed by atoms with Crippen LogP contribution in [0.1, 0.15) is 31.7 Å². The number of hydrogen-bond acceptors (Lipinski definition) is 4. The Morgan fingerprint density at radius 3 is 2.82 bits per heavy atom. The van der Waals surface area contributed by atoms with Crippen molar-refractivity contribution in [2.45, 2.75) is 37.8 Å². The molecule has 17 heavy (non-hydrogen) atoms. The van der Waals surface area contributed by atoms with Crippen molar-refractivity contribution in [3.05, 3.63) is 11.8 Å². The number of nitrogens with one attached hydrogen (secondary N) is 2. The molecule has 0 bridgehead atoms. The lowest BCUT2D eigenvalue weighted by atomic mass is 10.1. The summed E-state index contributed by atoms with van der Waals surface area (Å²) in [6.07, 6.45) is 4.44. The number of aromatic amines is 1. The third-order valence-corrected chi connectivity index (χ3v) is 4.88. The quantitative estimate of drug-likeness (QED) is 0.688. The molecule has 3 N–H and O–H groups in total. The van der Waals surface area contributed by atoms with Gasteiger partial charge in [-0.3, -0.25) is 5.10 Å². The Morgan fingerprint density at radius 1 is 1.59 bits per heavy atom. The summed E-state index contributed by atoms with van der Waals surface area (Å²) in [6.45, 7) is 2.18. The summed E-state index contributed by atoms with van der Waals surface area (Å²) in [7, 11) is -3.59. The van der Waals surface area contributed by atoms with E-state index < -0.39 is 10.0 Å². The smallest absolute Gasteiger partial charge is 0.257 e. The first-order valence-electron chi connectivity index (χ1n) is 5.66. The lowest BCUT2D eigenvalue weighted by molar-refractivity contribution is 0.278. The molecule has 7 heteroatoms. The number of sulfonamides is 1. The molecule has 1 aromatic heterocycles. The van der Waals surface area contributed by atoms with Crippen LogP contribution >= 0.6 is 0 Å². The van der Waals surface area contributed by atoms with Gasteiger partial charge in [-0.05, 0) is 24.7 Å². The first-order chi connectivity index (χ1) is 8.03. The van der Waals surface area contributed by atoms with Gasteiger partial charge in [-0.2, -0.15) is 5.10 Å². The maximum absolute atomic E-state index is 12.0. The highest BCUT2D eigenvalue weighted by Gasteiger charge is 2.41. The van der Waals surface area contributed by atoms with E-state index in [9.17, 15) is 8.42 Å². The Kier molecular flexibility index (Phi) is 3.24. The Bertz CT molecular complexity index is 491. The topological polar surface area (TPSA) is 95.1 Å². The highest BCUT2D eigenvalue weighted by Crippen LogP contribution is 2.48. The molecule has 6 nitrogen and oxygen atoms in total. The molecule has 0 unspecified atom stereocenters. The van der Waals surface area contributed by atoms with Crippen LogP contribution in [-0.2, 0) is 16.6 Å². The van der Waals surface area contributed by atoms with Crippen LogP contribution in [0.2, 0.25) is 0 Å². The summed E-state index contributed by atoms with van der Waals surface area (Å²) >= 11 is 0. The molecule has 1 saturated carbocycles. The predicted molar refractivity (Wildman–Crippen MR) is 61.7 cm³/mol. The molecule has 0 aliphatic heterocycles. The minimum absolute atomic E-state index is 0.0353. The van der Waals surface area contributed by atoms with E-state index in [1.807, 2.05) is 0 Å². The third-order valence-electron chi connectivity index (χ3n) is 3.46. The zero-order valence-corrected chi connectivity index (χ0v) is 10.5. The van der Waals surface area contributed by atoms with Crippen molar-refractivity contribution in [3.63, 3.8) is 0 Å². The fraction of sp³-hybridized carbons (Fsp3) is 0.700. The highest BCUT2D eigenvalue weighted by molar-refractivity contribution is 7.89. The number of aromatic nitrogens is 2. The number of H-pyrrole nitrogens is 1. The van der Waals surface area contributed by atoms with E-state index in [4.69, 9.17) is 5.11 Å². The molecule has 0 radical (unpaired) electrons. The Balaban J connectivity index is 2.09. The maximum atomic E-state index is 12.0. The molecule has 1 aliphatic rings. The fourth-order valence-electron chi connectivity index (χ4n) is 1.80. The van der Waals surface area contributed by atoms with Crippen LogP contribution in [-0.4, -0.2) is 30.3 Å². The molecule has 1 aliphatic carbocycles. The van der Waals surface area contributed by atoms with Gasteiger partial charge in [-0.1, -0.05) is 6.92 Å². The monoisotopic (exact) mass is 259 g/mol. The minimum Gasteiger partial charge on any atom is -0.392 e. The van der Waals surface area contributed by atoms with Gasteiger partial charge in [0.1, 0.15) is 0 Å². The standard InChI is InChI=1S/C10H17N3O3S/c1-2-10(3-4-10)7-12-17(15,16)9-8(6-14)5-11-13-9/h5,12,14H,2-4,6-7H2,1H3,(H,11,13). The average Bonchev–Trinajstić information content (AvgIpc) is 2.93. The van der Waals surface area contributed by atoms with Crippen LogP contribution in [0.15, 0.2) is 11.2 Å². The second-order valence-corrected chi connectivity index (χ2v) is 6.26. The Labute approximate surface area is 100 Å². The van der Waals surface area contributed by atoms with Crippen LogP contribution in [0.5, 0.6) is 0 Å². The van der Waals surface area contributed by atoms with Gasteiger partial charge < -0.3 is 5.11 Å². The van der Waals surface area contributed by atoms with Crippen molar-refractivity contribution in [1.29, 1.82) is 0 Å². The predicted octanol–water partition coefficient (Wildman–Crippen LogP) is 0.370. The number of rotatable bonds is 6. The van der Waals surface area contributed by atoms with Gasteiger partial charge in [0, 0.05) is 12.1 Å². The summed E-state index contributed by atoms with van der Waals surface area (Å²) in [5, 5.41) is 15.0. The number of aliphatic hydroxyl groups excluding tert-OH is 1. The molecule has 0 aromatic carbocycles. The molecule has 0 spiro atoms. The summed E-state index contributed by atoms with van der Waals surface area (Å²) < 4.78 is 26.5. The van der Waals surface area contributed by atoms with Gasteiger partial charge in [0.2, 0.25) is 0 Å². The van der Waals surface area contributed by atoms with E-state index in [1.54, 1.807) is 0 Å². The summed E-state index contributed by atoms with van der Waals surface area (Å²) in [5.74, 6) is 0. The fourth-order valence-corrected chi connectivity index (χ4v) is 3.07. The molecule has 1 heterocycles. The van der Waals surface area contributed by atoms with E-state index in [0.717, 1.165) is 19.3 Å². The summed E-state index contributed by atoms with van der Waals surface area (Å²) in [5.41, 5.74) is 0.436. The van der Waals surface area contributed by atoms with E-state index in [-0.39, 0.29) is 17.0 Å². The third kappa shape index (κ3) is 2.51. The second-order valence-electron chi connectivity index (χ2n) is 4.56. The molecular formula is C10H17N3O3S. The molecule has 1 aromatic rings. The first kappa shape index (κ1) is 12.5. The van der Waals surface area contributed by atoms with E-state index in [2.05, 4.69) is 21.8 Å². The van der Waals surface area contributed by atoms with Crippen LogP contribution in [0.4, 0.5) is 0 Å². The second kappa shape index (κ2) is 4.40. The van der Waals surface area contributed by atoms with Crippen LogP contribution in [0.3, 0.4) is 0 Å². The van der Waals surface area contributed by atoms with Gasteiger partial charge >= 0.3 is 0 Å². The summed E-state index contributed by atoms with van der Waals surface area (Å²) in [6, 6.07) is 0. The first-order valence-corrected chi connectivity index (χ1v) is 7.14. The highest BCUT2D eigenvalue weighted by atomic mass is 32.2. The SMILES string of the molecule is CCC1(CNS(=O)(=O)c2[nH]ncc2CO)CC1. The number of nitrogens with zero attached hydrogens (tertiary/aromatic N) is 1. The van der Waals surface area contributed by atoms with E-state index in [1.165, 1.54) is 6.20 Å². The van der Waals surface area contributed by atoms with Crippen molar-refractivity contribution >= 4 is 10.0 Å². The zero-order chi connectivity index (χ0) is 12.5. The Morgan fingerprint density at radius 2 is 2.29 bits per heavy atom. The largest absolute Gasteiger partial charge is 0.392 e. The Hall–Kier alpha value is -0.920. The molecule has 0 saturated heterocycles. The molecular weight excluding hydrogens is 242 g/mol. The van der Waals surface area contributed by atoms with Gasteiger partial charge in [0.25, 0.3) is 10.0 Å². The number of aliphatic hydroxyl groups is 1. The zero-order valence-electron chi connectivity index (χ0n) is 9.73. The van der Waals surface area contributed by atoms with Crippen molar-refractivity contribution in [2.75, 3.05) is 6.54 Å². The average molecular weight is 259 g/mol. The van der Waals surface area contributed by atoms with Gasteiger partial charge in [-0.25, -0.2) is 13.1 Å². The van der Waals surface area contributed by atoms with Gasteiger partial charge in [-0.15, -0.1) is 0 Å². The minimum atomic E-state index is -3.59. The summed E-state index contributed by atoms with van der Waals surface area (Å²) in [4.78, 5) is 0. The van der Waals surface area contributed by atoms with Crippen molar-refractivity contribution < 1.29 is 13.5 Å². The van der Waals surface area contributed by atoms with Crippen molar-refractivity contribution in [2.24, 2.45) is 5.41 Å². The van der Waals surface area contributed by atoms with Crippen LogP contribution in [0, 0.1) is 5.41 Å². The molecule has 96 valence electrons.